The molecule has 0 spiro atoms. The van der Waals surface area contributed by atoms with Crippen LogP contribution in [0.2, 0.25) is 0 Å². The van der Waals surface area contributed by atoms with Crippen LogP contribution in [0.1, 0.15) is 0 Å². The molecule has 0 rings (SSSR count). The first kappa shape index (κ1) is 30.9. The maximum atomic E-state index is 8.59. The van der Waals surface area contributed by atoms with Gasteiger partial charge in [0.15, 0.2) is 0 Å². The maximum absolute atomic E-state index is 8.59. The number of hydrogen-bond donors (Lipinski definition) is 0. The van der Waals surface area contributed by atoms with Crippen molar-refractivity contribution in [2.75, 3.05) is 0 Å². The normalized spacial score (nSPS) is 10.2. The Bertz CT molecular complexity index is 341. The van der Waals surface area contributed by atoms with Crippen molar-refractivity contribution in [2.24, 2.45) is 0 Å². The summed E-state index contributed by atoms with van der Waals surface area (Å²) in [5, 5.41) is 0. The summed E-state index contributed by atoms with van der Waals surface area (Å²) in [7, 11) is 0. The Hall–Kier alpha value is 1.18. The summed E-state index contributed by atoms with van der Waals surface area (Å²) < 4.78 is 103. The standard InChI is InChI=1S/2Cr.3H2O4Se/c;;3*1-5(2,3)4/h;;3*(H2,1,2,3,4)/q2*+3;;;/p-6. The average Bonchev–Trinajstić information content (AvgIpc) is 1.41. The summed E-state index contributed by atoms with van der Waals surface area (Å²) in [4.78, 5) is 0. The molecule has 0 atom stereocenters. The summed E-state index contributed by atoms with van der Waals surface area (Å²) in [6.45, 7) is 0. The van der Waals surface area contributed by atoms with Gasteiger partial charge in [-0.2, -0.15) is 0 Å². The van der Waals surface area contributed by atoms with Crippen molar-refractivity contribution in [3.63, 3.8) is 0 Å². The third-order valence-corrected chi connectivity index (χ3v) is 0. The van der Waals surface area contributed by atoms with Gasteiger partial charge in [0.25, 0.3) is 0 Å². The van der Waals surface area contributed by atoms with Gasteiger partial charge in [-0.3, -0.25) is 0 Å². The average molecular weight is 533 g/mol. The van der Waals surface area contributed by atoms with Crippen LogP contribution in [0.5, 0.6) is 0 Å². The maximum Gasteiger partial charge on any atom is 3.00 e. The van der Waals surface area contributed by atoms with Crippen molar-refractivity contribution in [1.82, 2.24) is 0 Å². The van der Waals surface area contributed by atoms with E-state index in [-0.39, 0.29) is 34.7 Å². The predicted octanol–water partition coefficient (Wildman–Crippen LogP) is -8.99. The molecule has 12 nitrogen and oxygen atoms in total. The summed E-state index contributed by atoms with van der Waals surface area (Å²) in [6, 6.07) is 0. The number of rotatable bonds is 0. The molecule has 17 heteroatoms. The van der Waals surface area contributed by atoms with E-state index in [2.05, 4.69) is 0 Å². The first-order valence-corrected chi connectivity index (χ1v) is 10.4. The van der Waals surface area contributed by atoms with Crippen molar-refractivity contribution in [3.05, 3.63) is 0 Å². The zero-order valence-electron chi connectivity index (χ0n) is 6.94. The Morgan fingerprint density at radius 2 is 0.412 bits per heavy atom. The molecule has 0 saturated carbocycles. The van der Waals surface area contributed by atoms with Gasteiger partial charge in [0.05, 0.1) is 0 Å². The minimum Gasteiger partial charge on any atom is 3.00 e. The van der Waals surface area contributed by atoms with Gasteiger partial charge in [-0.15, -0.1) is 0 Å². The third-order valence-electron chi connectivity index (χ3n) is 0. The smallest absolute Gasteiger partial charge is 3.00 e. The zero-order valence-corrected chi connectivity index (χ0v) is 14.6. The molecule has 2 radical (unpaired) electrons. The van der Waals surface area contributed by atoms with E-state index in [1.54, 1.807) is 0 Å². The molecule has 0 aromatic rings. The molecular formula is Cr2O12Se3. The van der Waals surface area contributed by atoms with Crippen LogP contribution in [0.4, 0.5) is 0 Å². The second kappa shape index (κ2) is 12.2. The summed E-state index contributed by atoms with van der Waals surface area (Å²) in [6.07, 6.45) is 0. The van der Waals surface area contributed by atoms with Crippen LogP contribution in [-0.2, 0) is 57.7 Å². The van der Waals surface area contributed by atoms with E-state index in [9.17, 15) is 0 Å². The summed E-state index contributed by atoms with van der Waals surface area (Å²) in [5.41, 5.74) is 0. The molecule has 0 N–H and O–H groups in total. The SMILES string of the molecule is O=[Se](=O)([O-])[O-].O=[Se](=O)([O-])[O-].O=[Se](=O)([O-])[O-].[Cr+3].[Cr+3]. The fraction of sp³-hybridized carbons (Fsp3) is 0. The molecule has 0 aromatic carbocycles. The summed E-state index contributed by atoms with van der Waals surface area (Å²) in [5.74, 6) is 0. The molecule has 0 aliphatic carbocycles. The third kappa shape index (κ3) is 2830. The van der Waals surface area contributed by atoms with Gasteiger partial charge >= 0.3 is 123 Å². The Morgan fingerprint density at radius 1 is 0.412 bits per heavy atom. The van der Waals surface area contributed by atoms with Crippen molar-refractivity contribution < 1.29 is 82.9 Å². The van der Waals surface area contributed by atoms with Crippen LogP contribution in [0.3, 0.4) is 0 Å². The molecular weight excluding hydrogens is 533 g/mol. The van der Waals surface area contributed by atoms with Gasteiger partial charge in [-0.25, -0.2) is 0 Å². The minimum atomic E-state index is -5.75. The molecule has 0 bridgehead atoms. The van der Waals surface area contributed by atoms with Crippen LogP contribution >= 0.6 is 0 Å². The van der Waals surface area contributed by atoms with E-state index >= 15 is 0 Å². The molecule has 17 heavy (non-hydrogen) atoms. The molecule has 0 aliphatic rings. The molecule has 102 valence electrons. The Labute approximate surface area is 122 Å². The van der Waals surface area contributed by atoms with Crippen LogP contribution < -0.4 is 25.1 Å². The Morgan fingerprint density at radius 3 is 0.412 bits per heavy atom. The molecule has 0 saturated heterocycles. The van der Waals surface area contributed by atoms with Gasteiger partial charge < -0.3 is 0 Å². The van der Waals surface area contributed by atoms with Crippen molar-refractivity contribution >= 4 is 40.1 Å². The van der Waals surface area contributed by atoms with Crippen LogP contribution in [0.25, 0.3) is 0 Å². The van der Waals surface area contributed by atoms with Gasteiger partial charge in [-0.1, -0.05) is 0 Å². The zero-order chi connectivity index (χ0) is 13.5. The predicted molar refractivity (Wildman–Crippen MR) is 21.4 cm³/mol. The fourth-order valence-corrected chi connectivity index (χ4v) is 0. The molecule has 0 unspecified atom stereocenters. The van der Waals surface area contributed by atoms with Gasteiger partial charge in [0, 0.05) is 0 Å². The van der Waals surface area contributed by atoms with Gasteiger partial charge in [0.1, 0.15) is 0 Å². The molecule has 0 amide bonds. The molecule has 0 fully saturated rings. The Kier molecular flexibility index (Phi) is 22.2. The largest absolute Gasteiger partial charge is 3.00 e. The van der Waals surface area contributed by atoms with Crippen LogP contribution in [0, 0.1) is 0 Å². The quantitative estimate of drug-likeness (QED) is 0.264. The Balaban J connectivity index is -0.0000000400. The summed E-state index contributed by atoms with van der Waals surface area (Å²) >= 11 is -17.2. The van der Waals surface area contributed by atoms with E-state index in [4.69, 9.17) is 48.1 Å². The van der Waals surface area contributed by atoms with Gasteiger partial charge in [0.2, 0.25) is 0 Å². The van der Waals surface area contributed by atoms with Crippen molar-refractivity contribution in [1.29, 1.82) is 0 Å². The van der Waals surface area contributed by atoms with E-state index < -0.39 is 40.1 Å². The van der Waals surface area contributed by atoms with Crippen LogP contribution in [0.15, 0.2) is 0 Å². The van der Waals surface area contributed by atoms with Gasteiger partial charge in [-0.05, 0) is 0 Å². The molecule has 0 aliphatic heterocycles. The van der Waals surface area contributed by atoms with E-state index in [1.165, 1.54) is 0 Å². The second-order valence-electron chi connectivity index (χ2n) is 1.22. The fourth-order valence-electron chi connectivity index (χ4n) is 0. The van der Waals surface area contributed by atoms with Crippen molar-refractivity contribution in [2.45, 2.75) is 0 Å². The first-order chi connectivity index (χ1) is 6.00. The topological polar surface area (TPSA) is 241 Å². The monoisotopic (exact) mass is 536 g/mol. The van der Waals surface area contributed by atoms with Crippen molar-refractivity contribution in [3.8, 4) is 0 Å². The number of hydrogen-bond acceptors (Lipinski definition) is 12. The second-order valence-corrected chi connectivity index (χ2v) is 6.36. The minimum absolute atomic E-state index is 0. The van der Waals surface area contributed by atoms with E-state index in [1.807, 2.05) is 0 Å². The van der Waals surface area contributed by atoms with Crippen LogP contribution in [-0.4, -0.2) is 40.1 Å². The van der Waals surface area contributed by atoms with E-state index in [0.717, 1.165) is 0 Å². The molecule has 0 aromatic heterocycles. The first-order valence-electron chi connectivity index (χ1n) is 2.00. The van der Waals surface area contributed by atoms with E-state index in [0.29, 0.717) is 0 Å². The molecule has 0 heterocycles.